The number of carbonyl (C=O) groups is 2. The summed E-state index contributed by atoms with van der Waals surface area (Å²) in [6, 6.07) is 1.82. The lowest BCUT2D eigenvalue weighted by Gasteiger charge is -2.20. The third-order valence-corrected chi connectivity index (χ3v) is 3.18. The Balaban J connectivity index is 2.29. The fourth-order valence-electron chi connectivity index (χ4n) is 2.20. The number of hydrogen-bond donors (Lipinski definition) is 1. The van der Waals surface area contributed by atoms with Crippen LogP contribution in [-0.4, -0.2) is 44.3 Å². The quantitative estimate of drug-likeness (QED) is 0.827. The molecule has 1 aliphatic rings. The molecule has 0 aromatic carbocycles. The van der Waals surface area contributed by atoms with Crippen molar-refractivity contribution < 1.29 is 14.7 Å². The zero-order valence-corrected chi connectivity index (χ0v) is 10.6. The molecule has 1 fully saturated rings. The Morgan fingerprint density at radius 2 is 2.21 bits per heavy atom. The number of carboxylic acid groups (broad SMARTS) is 1. The van der Waals surface area contributed by atoms with Crippen molar-refractivity contribution in [3.63, 3.8) is 0 Å². The number of carboxylic acids is 1. The number of hydrogen-bond acceptors (Lipinski definition) is 4. The molecule has 0 spiro atoms. The van der Waals surface area contributed by atoms with Gasteiger partial charge in [0.15, 0.2) is 0 Å². The van der Waals surface area contributed by atoms with Gasteiger partial charge in [0.25, 0.3) is 11.5 Å². The molecule has 1 N–H and O–H groups in total. The highest BCUT2D eigenvalue weighted by molar-refractivity contribution is 5.95. The van der Waals surface area contributed by atoms with Crippen LogP contribution < -0.4 is 5.56 Å². The maximum Gasteiger partial charge on any atom is 0.326 e. The van der Waals surface area contributed by atoms with Gasteiger partial charge in [-0.3, -0.25) is 9.59 Å². The van der Waals surface area contributed by atoms with Crippen LogP contribution in [0.3, 0.4) is 0 Å². The van der Waals surface area contributed by atoms with E-state index in [1.165, 1.54) is 21.7 Å². The van der Waals surface area contributed by atoms with E-state index in [9.17, 15) is 14.4 Å². The van der Waals surface area contributed by atoms with Gasteiger partial charge in [0.1, 0.15) is 11.7 Å². The standard InChI is InChI=1S/C12H15N3O4/c1-2-15-10(16)6-5-8(13-15)11(17)14-7-3-4-9(14)12(18)19/h5-6,9H,2-4,7H2,1H3,(H,18,19). The van der Waals surface area contributed by atoms with Gasteiger partial charge >= 0.3 is 5.97 Å². The first-order valence-electron chi connectivity index (χ1n) is 6.16. The summed E-state index contributed by atoms with van der Waals surface area (Å²) in [5.74, 6) is -1.44. The minimum atomic E-state index is -1.00. The second-order valence-corrected chi connectivity index (χ2v) is 4.37. The third-order valence-electron chi connectivity index (χ3n) is 3.18. The maximum atomic E-state index is 12.2. The van der Waals surface area contributed by atoms with Crippen LogP contribution in [0.15, 0.2) is 16.9 Å². The monoisotopic (exact) mass is 265 g/mol. The van der Waals surface area contributed by atoms with E-state index >= 15 is 0 Å². The Bertz CT molecular complexity index is 566. The molecule has 7 nitrogen and oxygen atoms in total. The molecule has 1 atom stereocenters. The van der Waals surface area contributed by atoms with Gasteiger partial charge in [-0.2, -0.15) is 5.10 Å². The third kappa shape index (κ3) is 2.49. The van der Waals surface area contributed by atoms with E-state index in [0.29, 0.717) is 25.9 Å². The number of rotatable bonds is 3. The summed E-state index contributed by atoms with van der Waals surface area (Å²) in [6.07, 6.45) is 1.12. The average molecular weight is 265 g/mol. The largest absolute Gasteiger partial charge is 0.480 e. The van der Waals surface area contributed by atoms with Crippen LogP contribution in [0.5, 0.6) is 0 Å². The lowest BCUT2D eigenvalue weighted by atomic mass is 10.2. The summed E-state index contributed by atoms with van der Waals surface area (Å²) < 4.78 is 1.18. The Labute approximate surface area is 109 Å². The van der Waals surface area contributed by atoms with Gasteiger partial charge in [0.2, 0.25) is 0 Å². The summed E-state index contributed by atoms with van der Waals surface area (Å²) in [5.41, 5.74) is -0.176. The van der Waals surface area contributed by atoms with Crippen molar-refractivity contribution in [2.24, 2.45) is 0 Å². The summed E-state index contributed by atoms with van der Waals surface area (Å²) in [4.78, 5) is 36.0. The van der Waals surface area contributed by atoms with Crippen molar-refractivity contribution >= 4 is 11.9 Å². The summed E-state index contributed by atoms with van der Waals surface area (Å²) in [6.45, 7) is 2.52. The molecule has 2 rings (SSSR count). The van der Waals surface area contributed by atoms with Crippen molar-refractivity contribution in [1.82, 2.24) is 14.7 Å². The van der Waals surface area contributed by atoms with E-state index < -0.39 is 17.9 Å². The molecule has 1 aliphatic heterocycles. The number of aromatic nitrogens is 2. The van der Waals surface area contributed by atoms with Crippen LogP contribution >= 0.6 is 0 Å². The lowest BCUT2D eigenvalue weighted by molar-refractivity contribution is -0.141. The molecule has 0 radical (unpaired) electrons. The molecule has 1 saturated heterocycles. The number of nitrogens with zero attached hydrogens (tertiary/aromatic N) is 3. The topological polar surface area (TPSA) is 92.5 Å². The van der Waals surface area contributed by atoms with Crippen LogP contribution in [0.2, 0.25) is 0 Å². The SMILES string of the molecule is CCn1nc(C(=O)N2CCCC2C(=O)O)ccc1=O. The van der Waals surface area contributed by atoms with Crippen molar-refractivity contribution in [2.75, 3.05) is 6.54 Å². The Morgan fingerprint density at radius 3 is 2.84 bits per heavy atom. The zero-order chi connectivity index (χ0) is 14.0. The van der Waals surface area contributed by atoms with E-state index in [4.69, 9.17) is 5.11 Å². The van der Waals surface area contributed by atoms with E-state index in [1.807, 2.05) is 0 Å². The molecule has 7 heteroatoms. The van der Waals surface area contributed by atoms with Gasteiger partial charge in [-0.25, -0.2) is 9.48 Å². The highest BCUT2D eigenvalue weighted by atomic mass is 16.4. The smallest absolute Gasteiger partial charge is 0.326 e. The van der Waals surface area contributed by atoms with Crippen molar-refractivity contribution in [3.8, 4) is 0 Å². The predicted octanol–water partition coefficient (Wildman–Crippen LogP) is -0.0476. The fourth-order valence-corrected chi connectivity index (χ4v) is 2.20. The summed E-state index contributed by atoms with van der Waals surface area (Å²) >= 11 is 0. The predicted molar refractivity (Wildman–Crippen MR) is 65.9 cm³/mol. The fraction of sp³-hybridized carbons (Fsp3) is 0.500. The Morgan fingerprint density at radius 1 is 1.47 bits per heavy atom. The second-order valence-electron chi connectivity index (χ2n) is 4.37. The lowest BCUT2D eigenvalue weighted by Crippen LogP contribution is -2.41. The van der Waals surface area contributed by atoms with Crippen molar-refractivity contribution in [2.45, 2.75) is 32.4 Å². The first-order valence-corrected chi connectivity index (χ1v) is 6.16. The maximum absolute atomic E-state index is 12.2. The van der Waals surface area contributed by atoms with E-state index in [0.717, 1.165) is 0 Å². The van der Waals surface area contributed by atoms with Gasteiger partial charge in [-0.1, -0.05) is 0 Å². The second kappa shape index (κ2) is 5.21. The summed E-state index contributed by atoms with van der Waals surface area (Å²) in [7, 11) is 0. The highest BCUT2D eigenvalue weighted by Crippen LogP contribution is 2.19. The van der Waals surface area contributed by atoms with Crippen molar-refractivity contribution in [3.05, 3.63) is 28.2 Å². The van der Waals surface area contributed by atoms with Crippen LogP contribution in [0.25, 0.3) is 0 Å². The minimum Gasteiger partial charge on any atom is -0.480 e. The highest BCUT2D eigenvalue weighted by Gasteiger charge is 2.35. The van der Waals surface area contributed by atoms with Gasteiger partial charge < -0.3 is 10.0 Å². The molecule has 102 valence electrons. The van der Waals surface area contributed by atoms with E-state index in [-0.39, 0.29) is 11.3 Å². The van der Waals surface area contributed by atoms with Crippen LogP contribution in [0, 0.1) is 0 Å². The molecule has 1 amide bonds. The van der Waals surface area contributed by atoms with Crippen LogP contribution in [-0.2, 0) is 11.3 Å². The van der Waals surface area contributed by atoms with Gasteiger partial charge in [-0.05, 0) is 25.8 Å². The number of likely N-dealkylation sites (tertiary alicyclic amines) is 1. The average Bonchev–Trinajstić information content (AvgIpc) is 2.87. The van der Waals surface area contributed by atoms with Crippen LogP contribution in [0.1, 0.15) is 30.3 Å². The van der Waals surface area contributed by atoms with E-state index in [1.54, 1.807) is 6.92 Å². The molecule has 1 unspecified atom stereocenters. The molecular formula is C12H15N3O4. The van der Waals surface area contributed by atoms with Crippen molar-refractivity contribution in [1.29, 1.82) is 0 Å². The Hall–Kier alpha value is -2.18. The van der Waals surface area contributed by atoms with Gasteiger partial charge in [0, 0.05) is 19.2 Å². The molecule has 0 aliphatic carbocycles. The Kier molecular flexibility index (Phi) is 3.64. The molecule has 1 aromatic rings. The number of aryl methyl sites for hydroxylation is 1. The zero-order valence-electron chi connectivity index (χ0n) is 10.6. The van der Waals surface area contributed by atoms with Gasteiger partial charge in [0.05, 0.1) is 0 Å². The first kappa shape index (κ1) is 13.3. The number of carbonyl (C=O) groups excluding carboxylic acids is 1. The van der Waals surface area contributed by atoms with E-state index in [2.05, 4.69) is 5.10 Å². The molecular weight excluding hydrogens is 250 g/mol. The number of amides is 1. The summed E-state index contributed by atoms with van der Waals surface area (Å²) in [5, 5.41) is 13.0. The molecule has 19 heavy (non-hydrogen) atoms. The molecule has 1 aromatic heterocycles. The first-order chi connectivity index (χ1) is 9.04. The minimum absolute atomic E-state index is 0.106. The van der Waals surface area contributed by atoms with Gasteiger partial charge in [-0.15, -0.1) is 0 Å². The molecule has 0 saturated carbocycles. The van der Waals surface area contributed by atoms with Crippen LogP contribution in [0.4, 0.5) is 0 Å². The number of aliphatic carboxylic acids is 1. The normalized spacial score (nSPS) is 18.6. The molecule has 2 heterocycles. The molecule has 0 bridgehead atoms.